The van der Waals surface area contributed by atoms with E-state index in [4.69, 9.17) is 11.6 Å². The molecule has 4 aromatic rings. The van der Waals surface area contributed by atoms with E-state index in [-0.39, 0.29) is 5.82 Å². The predicted octanol–water partition coefficient (Wildman–Crippen LogP) is 3.03. The Morgan fingerprint density at radius 2 is 1.91 bits per heavy atom. The molecule has 0 aliphatic carbocycles. The van der Waals surface area contributed by atoms with Crippen LogP contribution in [0.3, 0.4) is 0 Å². The molecule has 0 fully saturated rings. The second-order valence-corrected chi connectivity index (χ2v) is 5.18. The fraction of sp³-hybridized carbons (Fsp3) is 0. The lowest BCUT2D eigenvalue weighted by atomic mass is 10.2. The lowest BCUT2D eigenvalue weighted by Crippen LogP contribution is -2.17. The maximum absolute atomic E-state index is 13.0. The Kier molecular flexibility index (Phi) is 2.74. The van der Waals surface area contributed by atoms with Gasteiger partial charge in [-0.15, -0.1) is 5.10 Å². The van der Waals surface area contributed by atoms with Crippen LogP contribution in [0.1, 0.15) is 0 Å². The third kappa shape index (κ3) is 1.88. The Morgan fingerprint density at radius 1 is 1.14 bits per heavy atom. The van der Waals surface area contributed by atoms with Gasteiger partial charge in [-0.2, -0.15) is 4.52 Å². The molecule has 0 atom stereocenters. The number of aromatic nitrogens is 4. The Balaban J connectivity index is 2.08. The van der Waals surface area contributed by atoms with Gasteiger partial charge in [0.2, 0.25) is 0 Å². The topological polar surface area (TPSA) is 63.0 Å². The minimum absolute atomic E-state index is 0.331. The number of nitrogens with one attached hydrogen (secondary N) is 1. The first-order valence-corrected chi connectivity index (χ1v) is 6.84. The first-order chi connectivity index (χ1) is 10.6. The molecule has 1 N–H and O–H groups in total. The minimum atomic E-state index is -0.411. The van der Waals surface area contributed by atoms with Crippen LogP contribution in [-0.4, -0.2) is 19.6 Å². The second-order valence-electron chi connectivity index (χ2n) is 4.77. The van der Waals surface area contributed by atoms with Crippen molar-refractivity contribution < 1.29 is 4.39 Å². The number of fused-ring (bicyclic) bond motifs is 3. The van der Waals surface area contributed by atoms with Gasteiger partial charge in [0.1, 0.15) is 5.82 Å². The van der Waals surface area contributed by atoms with Gasteiger partial charge in [-0.05, 0) is 36.4 Å². The van der Waals surface area contributed by atoms with Crippen molar-refractivity contribution in [2.75, 3.05) is 0 Å². The smallest absolute Gasteiger partial charge is 0.305 e. The molecule has 0 aliphatic rings. The molecule has 5 nitrogen and oxygen atoms in total. The standard InChI is InChI=1S/C15H8ClFN4O/c16-10-2-1-3-11-12(10)14-19-13(20-21(14)15(22)18-11)8-4-6-9(17)7-5-8/h1-7H,(H,18,22). The van der Waals surface area contributed by atoms with Crippen molar-refractivity contribution in [1.29, 1.82) is 0 Å². The van der Waals surface area contributed by atoms with E-state index in [0.29, 0.717) is 33.0 Å². The predicted molar refractivity (Wildman–Crippen MR) is 81.5 cm³/mol. The number of benzene rings is 2. The van der Waals surface area contributed by atoms with Crippen LogP contribution in [0.4, 0.5) is 4.39 Å². The van der Waals surface area contributed by atoms with E-state index in [2.05, 4.69) is 15.1 Å². The van der Waals surface area contributed by atoms with Crippen molar-refractivity contribution in [3.63, 3.8) is 0 Å². The monoisotopic (exact) mass is 314 g/mol. The van der Waals surface area contributed by atoms with Crippen molar-refractivity contribution in [2.45, 2.75) is 0 Å². The summed E-state index contributed by atoms with van der Waals surface area (Å²) in [5.74, 6) is -0.0169. The highest BCUT2D eigenvalue weighted by Crippen LogP contribution is 2.25. The zero-order chi connectivity index (χ0) is 15.3. The molecule has 7 heteroatoms. The Morgan fingerprint density at radius 3 is 2.68 bits per heavy atom. The molecular formula is C15H8ClFN4O. The van der Waals surface area contributed by atoms with Gasteiger partial charge in [0.15, 0.2) is 11.5 Å². The third-order valence-corrected chi connectivity index (χ3v) is 3.70. The maximum Gasteiger partial charge on any atom is 0.348 e. The van der Waals surface area contributed by atoms with Crippen LogP contribution in [0.5, 0.6) is 0 Å². The molecule has 2 aromatic carbocycles. The molecule has 0 spiro atoms. The van der Waals surface area contributed by atoms with Crippen molar-refractivity contribution in [3.8, 4) is 11.4 Å². The summed E-state index contributed by atoms with van der Waals surface area (Å²) in [5.41, 5.74) is 1.15. The molecule has 0 radical (unpaired) electrons. The first kappa shape index (κ1) is 13.0. The van der Waals surface area contributed by atoms with Crippen LogP contribution >= 0.6 is 11.6 Å². The molecule has 0 unspecified atom stereocenters. The summed E-state index contributed by atoms with van der Waals surface area (Å²) in [5, 5.41) is 5.27. The number of halogens is 2. The van der Waals surface area contributed by atoms with Crippen molar-refractivity contribution in [1.82, 2.24) is 19.6 Å². The van der Waals surface area contributed by atoms with Gasteiger partial charge in [-0.1, -0.05) is 17.7 Å². The highest BCUT2D eigenvalue weighted by atomic mass is 35.5. The van der Waals surface area contributed by atoms with Gasteiger partial charge in [0.05, 0.1) is 15.9 Å². The van der Waals surface area contributed by atoms with Gasteiger partial charge < -0.3 is 4.98 Å². The van der Waals surface area contributed by atoms with Crippen LogP contribution < -0.4 is 5.69 Å². The van der Waals surface area contributed by atoms with Gasteiger partial charge in [0.25, 0.3) is 0 Å². The van der Waals surface area contributed by atoms with Crippen LogP contribution in [0.25, 0.3) is 27.9 Å². The molecule has 0 amide bonds. The van der Waals surface area contributed by atoms with Crippen LogP contribution in [0, 0.1) is 5.82 Å². The molecule has 0 saturated heterocycles. The van der Waals surface area contributed by atoms with E-state index in [1.165, 1.54) is 12.1 Å². The summed E-state index contributed by atoms with van der Waals surface area (Å²) in [7, 11) is 0. The summed E-state index contributed by atoms with van der Waals surface area (Å²) in [4.78, 5) is 19.2. The zero-order valence-corrected chi connectivity index (χ0v) is 11.8. The molecule has 108 valence electrons. The molecular weight excluding hydrogens is 307 g/mol. The molecule has 2 aromatic heterocycles. The summed E-state index contributed by atoms with van der Waals surface area (Å²) in [6.07, 6.45) is 0. The van der Waals surface area contributed by atoms with E-state index in [1.54, 1.807) is 30.3 Å². The SMILES string of the molecule is O=c1[nH]c2cccc(Cl)c2c2nc(-c3ccc(F)cc3)nn12. The number of aromatic amines is 1. The summed E-state index contributed by atoms with van der Waals surface area (Å²) >= 11 is 6.21. The Hall–Kier alpha value is -2.73. The van der Waals surface area contributed by atoms with Crippen molar-refractivity contribution in [3.05, 3.63) is 63.8 Å². The molecule has 2 heterocycles. The molecule has 0 saturated carbocycles. The van der Waals surface area contributed by atoms with E-state index in [0.717, 1.165) is 4.52 Å². The van der Waals surface area contributed by atoms with E-state index >= 15 is 0 Å². The maximum atomic E-state index is 13.0. The average molecular weight is 315 g/mol. The van der Waals surface area contributed by atoms with Crippen LogP contribution in [0.15, 0.2) is 47.3 Å². The largest absolute Gasteiger partial charge is 0.348 e. The Labute approximate surface area is 128 Å². The molecule has 22 heavy (non-hydrogen) atoms. The van der Waals surface area contributed by atoms with E-state index in [9.17, 15) is 9.18 Å². The zero-order valence-electron chi connectivity index (χ0n) is 11.0. The fourth-order valence-corrected chi connectivity index (χ4v) is 2.62. The number of H-pyrrole nitrogens is 1. The molecule has 4 rings (SSSR count). The molecule has 0 bridgehead atoms. The van der Waals surface area contributed by atoms with Gasteiger partial charge in [-0.3, -0.25) is 0 Å². The average Bonchev–Trinajstić information content (AvgIpc) is 2.93. The second kappa shape index (κ2) is 4.64. The molecule has 0 aliphatic heterocycles. The third-order valence-electron chi connectivity index (χ3n) is 3.38. The highest BCUT2D eigenvalue weighted by molar-refractivity contribution is 6.36. The number of hydrogen-bond acceptors (Lipinski definition) is 3. The summed E-state index contributed by atoms with van der Waals surface area (Å²) in [6, 6.07) is 11.0. The van der Waals surface area contributed by atoms with Crippen molar-refractivity contribution >= 4 is 28.2 Å². The first-order valence-electron chi connectivity index (χ1n) is 6.47. The lowest BCUT2D eigenvalue weighted by Gasteiger charge is -2.00. The number of nitrogens with zero attached hydrogens (tertiary/aromatic N) is 3. The number of rotatable bonds is 1. The normalized spacial score (nSPS) is 11.4. The van der Waals surface area contributed by atoms with E-state index < -0.39 is 5.69 Å². The quantitative estimate of drug-likeness (QED) is 0.587. The van der Waals surface area contributed by atoms with Crippen LogP contribution in [-0.2, 0) is 0 Å². The van der Waals surface area contributed by atoms with Crippen LogP contribution in [0.2, 0.25) is 5.02 Å². The van der Waals surface area contributed by atoms with Gasteiger partial charge in [-0.25, -0.2) is 14.2 Å². The van der Waals surface area contributed by atoms with Crippen molar-refractivity contribution in [2.24, 2.45) is 0 Å². The van der Waals surface area contributed by atoms with Gasteiger partial charge in [0, 0.05) is 5.56 Å². The Bertz CT molecular complexity index is 1070. The fourth-order valence-electron chi connectivity index (χ4n) is 2.36. The summed E-state index contributed by atoms with van der Waals surface area (Å²) < 4.78 is 14.2. The van der Waals surface area contributed by atoms with E-state index in [1.807, 2.05) is 0 Å². The number of hydrogen-bond donors (Lipinski definition) is 1. The summed E-state index contributed by atoms with van der Waals surface area (Å²) in [6.45, 7) is 0. The van der Waals surface area contributed by atoms with Gasteiger partial charge >= 0.3 is 5.69 Å². The highest BCUT2D eigenvalue weighted by Gasteiger charge is 2.14. The minimum Gasteiger partial charge on any atom is -0.305 e. The lowest BCUT2D eigenvalue weighted by molar-refractivity contribution is 0.628.